The molecule has 0 unspecified atom stereocenters. The Bertz CT molecular complexity index is 217. The van der Waals surface area contributed by atoms with Crippen molar-refractivity contribution in [3.05, 3.63) is 0 Å². The molecule has 2 nitrogen and oxygen atoms in total. The Kier molecular flexibility index (Phi) is 3.49. The second kappa shape index (κ2) is 5.05. The van der Waals surface area contributed by atoms with Gasteiger partial charge in [0.1, 0.15) is 0 Å². The van der Waals surface area contributed by atoms with Crippen molar-refractivity contribution < 1.29 is 0 Å². The summed E-state index contributed by atoms with van der Waals surface area (Å²) in [5.74, 6) is 0. The Morgan fingerprint density at radius 2 is 1.69 bits per heavy atom. The fraction of sp³-hybridized carbons (Fsp3) is 1.00. The first-order valence-corrected chi connectivity index (χ1v) is 7.44. The summed E-state index contributed by atoms with van der Waals surface area (Å²) < 4.78 is 0. The van der Waals surface area contributed by atoms with Crippen LogP contribution in [0.15, 0.2) is 0 Å². The first-order valence-electron chi connectivity index (χ1n) is 7.44. The SMILES string of the molecule is C1CCC(N2CCC[C@H]2[C@@H]2CCCN2)CC1. The second-order valence-electron chi connectivity index (χ2n) is 5.94. The summed E-state index contributed by atoms with van der Waals surface area (Å²) in [4.78, 5) is 2.88. The highest BCUT2D eigenvalue weighted by atomic mass is 15.2. The molecule has 0 aromatic carbocycles. The average molecular weight is 222 g/mol. The molecule has 1 N–H and O–H groups in total. The minimum atomic E-state index is 0.824. The third-order valence-corrected chi connectivity index (χ3v) is 4.95. The van der Waals surface area contributed by atoms with E-state index >= 15 is 0 Å². The molecule has 0 bridgehead atoms. The third kappa shape index (κ3) is 2.14. The van der Waals surface area contributed by atoms with E-state index < -0.39 is 0 Å². The van der Waals surface area contributed by atoms with Gasteiger partial charge in [0.25, 0.3) is 0 Å². The van der Waals surface area contributed by atoms with Crippen molar-refractivity contribution in [1.29, 1.82) is 0 Å². The van der Waals surface area contributed by atoms with Gasteiger partial charge in [0.15, 0.2) is 0 Å². The van der Waals surface area contributed by atoms with Crippen molar-refractivity contribution in [2.45, 2.75) is 75.9 Å². The first-order chi connectivity index (χ1) is 7.95. The van der Waals surface area contributed by atoms with Crippen LogP contribution in [0.3, 0.4) is 0 Å². The van der Waals surface area contributed by atoms with E-state index in [0.29, 0.717) is 0 Å². The van der Waals surface area contributed by atoms with E-state index in [0.717, 1.165) is 18.1 Å². The molecular weight excluding hydrogens is 196 g/mol. The molecule has 2 heterocycles. The van der Waals surface area contributed by atoms with E-state index in [9.17, 15) is 0 Å². The summed E-state index contributed by atoms with van der Waals surface area (Å²) in [6.45, 7) is 2.65. The second-order valence-corrected chi connectivity index (χ2v) is 5.94. The Hall–Kier alpha value is -0.0800. The lowest BCUT2D eigenvalue weighted by molar-refractivity contribution is 0.122. The number of likely N-dealkylation sites (tertiary alicyclic amines) is 1. The molecule has 3 rings (SSSR count). The van der Waals surface area contributed by atoms with Crippen molar-refractivity contribution >= 4 is 0 Å². The fourth-order valence-electron chi connectivity index (χ4n) is 4.15. The standard InChI is InChI=1S/C14H26N2/c1-2-6-12(7-3-1)16-11-5-9-14(16)13-8-4-10-15-13/h12-15H,1-11H2/t13-,14-/m0/s1. The molecule has 0 amide bonds. The summed E-state index contributed by atoms with van der Waals surface area (Å²) in [6.07, 6.45) is 13.1. The lowest BCUT2D eigenvalue weighted by Crippen LogP contribution is -2.48. The van der Waals surface area contributed by atoms with E-state index in [4.69, 9.17) is 0 Å². The lowest BCUT2D eigenvalue weighted by atomic mass is 9.92. The maximum atomic E-state index is 3.73. The molecule has 2 saturated heterocycles. The molecule has 0 aromatic heterocycles. The van der Waals surface area contributed by atoms with Gasteiger partial charge in [0, 0.05) is 18.1 Å². The van der Waals surface area contributed by atoms with Gasteiger partial charge < -0.3 is 5.32 Å². The van der Waals surface area contributed by atoms with E-state index in [1.807, 2.05) is 0 Å². The number of hydrogen-bond donors (Lipinski definition) is 1. The maximum Gasteiger partial charge on any atom is 0.0252 e. The predicted octanol–water partition coefficient (Wildman–Crippen LogP) is 2.54. The van der Waals surface area contributed by atoms with Crippen molar-refractivity contribution in [3.63, 3.8) is 0 Å². The third-order valence-electron chi connectivity index (χ3n) is 4.95. The Morgan fingerprint density at radius 1 is 0.812 bits per heavy atom. The minimum absolute atomic E-state index is 0.824. The minimum Gasteiger partial charge on any atom is -0.312 e. The number of nitrogens with one attached hydrogen (secondary N) is 1. The van der Waals surface area contributed by atoms with E-state index in [1.165, 1.54) is 70.9 Å². The molecule has 1 saturated carbocycles. The summed E-state index contributed by atoms with van der Waals surface area (Å²) in [7, 11) is 0. The summed E-state index contributed by atoms with van der Waals surface area (Å²) in [5, 5.41) is 3.73. The van der Waals surface area contributed by atoms with Gasteiger partial charge in [-0.05, 0) is 51.6 Å². The monoisotopic (exact) mass is 222 g/mol. The van der Waals surface area contributed by atoms with Crippen LogP contribution in [-0.2, 0) is 0 Å². The van der Waals surface area contributed by atoms with Crippen LogP contribution in [0.5, 0.6) is 0 Å². The molecule has 2 aliphatic heterocycles. The van der Waals surface area contributed by atoms with Crippen molar-refractivity contribution in [2.24, 2.45) is 0 Å². The quantitative estimate of drug-likeness (QED) is 0.772. The molecule has 3 aliphatic rings. The smallest absolute Gasteiger partial charge is 0.0252 e. The zero-order valence-corrected chi connectivity index (χ0v) is 10.5. The van der Waals surface area contributed by atoms with Crippen LogP contribution in [0.1, 0.15) is 57.8 Å². The van der Waals surface area contributed by atoms with Gasteiger partial charge in [-0.3, -0.25) is 4.90 Å². The molecule has 16 heavy (non-hydrogen) atoms. The van der Waals surface area contributed by atoms with Crippen molar-refractivity contribution in [2.75, 3.05) is 13.1 Å². The predicted molar refractivity (Wildman–Crippen MR) is 67.6 cm³/mol. The van der Waals surface area contributed by atoms with E-state index in [2.05, 4.69) is 10.2 Å². The zero-order chi connectivity index (χ0) is 10.8. The Labute approximate surface area is 99.8 Å². The first kappa shape index (κ1) is 11.0. The molecule has 92 valence electrons. The molecule has 0 spiro atoms. The molecular formula is C14H26N2. The Balaban J connectivity index is 1.63. The van der Waals surface area contributed by atoms with Gasteiger partial charge in [0.2, 0.25) is 0 Å². The highest BCUT2D eigenvalue weighted by Gasteiger charge is 2.36. The molecule has 0 radical (unpaired) electrons. The normalized spacial score (nSPS) is 38.2. The summed E-state index contributed by atoms with van der Waals surface area (Å²) >= 11 is 0. The zero-order valence-electron chi connectivity index (χ0n) is 10.5. The van der Waals surface area contributed by atoms with Crippen molar-refractivity contribution in [1.82, 2.24) is 10.2 Å². The van der Waals surface area contributed by atoms with Gasteiger partial charge in [-0.1, -0.05) is 19.3 Å². The fourth-order valence-corrected chi connectivity index (χ4v) is 4.15. The average Bonchev–Trinajstić information content (AvgIpc) is 3.01. The van der Waals surface area contributed by atoms with Crippen molar-refractivity contribution in [3.8, 4) is 0 Å². The van der Waals surface area contributed by atoms with Gasteiger partial charge in [-0.15, -0.1) is 0 Å². The Morgan fingerprint density at radius 3 is 2.44 bits per heavy atom. The molecule has 2 heteroatoms. The van der Waals surface area contributed by atoms with Gasteiger partial charge >= 0.3 is 0 Å². The molecule has 3 fully saturated rings. The van der Waals surface area contributed by atoms with Crippen LogP contribution in [-0.4, -0.2) is 36.1 Å². The summed E-state index contributed by atoms with van der Waals surface area (Å²) in [6, 6.07) is 2.64. The highest BCUT2D eigenvalue weighted by Crippen LogP contribution is 2.32. The molecule has 1 aliphatic carbocycles. The van der Waals surface area contributed by atoms with Crippen LogP contribution in [0.2, 0.25) is 0 Å². The summed E-state index contributed by atoms with van der Waals surface area (Å²) in [5.41, 5.74) is 0. The topological polar surface area (TPSA) is 15.3 Å². The lowest BCUT2D eigenvalue weighted by Gasteiger charge is -2.38. The van der Waals surface area contributed by atoms with Gasteiger partial charge in [-0.2, -0.15) is 0 Å². The van der Waals surface area contributed by atoms with Crippen LogP contribution in [0.25, 0.3) is 0 Å². The van der Waals surface area contributed by atoms with Crippen LogP contribution >= 0.6 is 0 Å². The van der Waals surface area contributed by atoms with Gasteiger partial charge in [-0.25, -0.2) is 0 Å². The maximum absolute atomic E-state index is 3.73. The van der Waals surface area contributed by atoms with Crippen LogP contribution in [0.4, 0.5) is 0 Å². The molecule has 0 aromatic rings. The van der Waals surface area contributed by atoms with Gasteiger partial charge in [0.05, 0.1) is 0 Å². The van der Waals surface area contributed by atoms with Crippen LogP contribution in [0, 0.1) is 0 Å². The van der Waals surface area contributed by atoms with E-state index in [1.54, 1.807) is 0 Å². The number of rotatable bonds is 2. The largest absolute Gasteiger partial charge is 0.312 e. The van der Waals surface area contributed by atoms with Crippen LogP contribution < -0.4 is 5.32 Å². The number of hydrogen-bond acceptors (Lipinski definition) is 2. The van der Waals surface area contributed by atoms with E-state index in [-0.39, 0.29) is 0 Å². The number of nitrogens with zero attached hydrogens (tertiary/aromatic N) is 1. The highest BCUT2D eigenvalue weighted by molar-refractivity contribution is 4.95. The molecule has 2 atom stereocenters.